The summed E-state index contributed by atoms with van der Waals surface area (Å²) in [5.41, 5.74) is 2.15. The highest BCUT2D eigenvalue weighted by Crippen LogP contribution is 2.36. The van der Waals surface area contributed by atoms with Crippen LogP contribution in [0.25, 0.3) is 0 Å². The molecule has 0 spiro atoms. The molecule has 10 heteroatoms. The Labute approximate surface area is 177 Å². The molecule has 2 saturated heterocycles. The molecule has 2 aromatic rings. The van der Waals surface area contributed by atoms with Crippen LogP contribution in [0.1, 0.15) is 31.7 Å². The second kappa shape index (κ2) is 9.32. The van der Waals surface area contributed by atoms with Gasteiger partial charge in [0.2, 0.25) is 11.9 Å². The van der Waals surface area contributed by atoms with E-state index in [0.29, 0.717) is 12.5 Å². The molecular formula is C21H23F3N4O3. The Morgan fingerprint density at radius 1 is 1.13 bits per heavy atom. The van der Waals surface area contributed by atoms with Crippen molar-refractivity contribution in [2.24, 2.45) is 0 Å². The van der Waals surface area contributed by atoms with E-state index in [-0.39, 0.29) is 11.9 Å². The van der Waals surface area contributed by atoms with Crippen LogP contribution in [0, 0.1) is 0 Å². The van der Waals surface area contributed by atoms with Gasteiger partial charge in [-0.05, 0) is 37.0 Å². The molecule has 1 aromatic heterocycles. The Bertz CT molecular complexity index is 906. The van der Waals surface area contributed by atoms with Crippen molar-refractivity contribution >= 4 is 23.5 Å². The highest BCUT2D eigenvalue weighted by atomic mass is 19.4. The molecule has 2 atom stereocenters. The molecule has 4 rings (SSSR count). The lowest BCUT2D eigenvalue weighted by atomic mass is 9.95. The number of aryl methyl sites for hydroxylation is 1. The number of rotatable bonds is 3. The summed E-state index contributed by atoms with van der Waals surface area (Å²) >= 11 is 0. The molecular weight excluding hydrogens is 413 g/mol. The van der Waals surface area contributed by atoms with Crippen LogP contribution in [-0.2, 0) is 16.0 Å². The van der Waals surface area contributed by atoms with E-state index in [9.17, 15) is 18.0 Å². The van der Waals surface area contributed by atoms with Gasteiger partial charge in [-0.1, -0.05) is 25.1 Å². The zero-order chi connectivity index (χ0) is 22.6. The molecule has 3 heterocycles. The summed E-state index contributed by atoms with van der Waals surface area (Å²) in [4.78, 5) is 34.8. The molecule has 2 aliphatic heterocycles. The third kappa shape index (κ3) is 5.12. The number of carbonyl (C=O) groups is 2. The number of carboxylic acids is 1. The van der Waals surface area contributed by atoms with E-state index < -0.39 is 12.1 Å². The first-order valence-electron chi connectivity index (χ1n) is 9.97. The number of anilines is 2. The number of fused-ring (bicyclic) bond motifs is 1. The Balaban J connectivity index is 0.000000339. The SMILES string of the molecule is CCc1cnc(N2CC[C@H]3[C@@H]2CCC(=O)N3c2ccccc2)nc1.O=C(O)C(F)(F)F. The van der Waals surface area contributed by atoms with Crippen LogP contribution in [0.2, 0.25) is 0 Å². The lowest BCUT2D eigenvalue weighted by molar-refractivity contribution is -0.192. The number of carboxylic acid groups (broad SMARTS) is 1. The molecule has 1 amide bonds. The number of amides is 1. The fraction of sp³-hybridized carbons (Fsp3) is 0.429. The number of nitrogens with zero attached hydrogens (tertiary/aromatic N) is 4. The molecule has 0 radical (unpaired) electrons. The van der Waals surface area contributed by atoms with Crippen molar-refractivity contribution in [3.8, 4) is 0 Å². The molecule has 0 aliphatic carbocycles. The monoisotopic (exact) mass is 436 g/mol. The van der Waals surface area contributed by atoms with Crippen molar-refractivity contribution in [3.63, 3.8) is 0 Å². The first-order valence-corrected chi connectivity index (χ1v) is 9.97. The average molecular weight is 436 g/mol. The molecule has 0 bridgehead atoms. The Hall–Kier alpha value is -3.17. The number of aromatic nitrogens is 2. The van der Waals surface area contributed by atoms with Gasteiger partial charge in [0.05, 0.1) is 12.1 Å². The average Bonchev–Trinajstić information content (AvgIpc) is 3.18. The predicted molar refractivity (Wildman–Crippen MR) is 108 cm³/mol. The number of halogens is 3. The van der Waals surface area contributed by atoms with Gasteiger partial charge in [0, 0.05) is 31.0 Å². The van der Waals surface area contributed by atoms with Gasteiger partial charge in [-0.15, -0.1) is 0 Å². The van der Waals surface area contributed by atoms with Crippen LogP contribution >= 0.6 is 0 Å². The first kappa shape index (κ1) is 22.5. The van der Waals surface area contributed by atoms with Gasteiger partial charge < -0.3 is 14.9 Å². The molecule has 31 heavy (non-hydrogen) atoms. The Morgan fingerprint density at radius 2 is 1.74 bits per heavy atom. The van der Waals surface area contributed by atoms with Crippen LogP contribution < -0.4 is 9.80 Å². The van der Waals surface area contributed by atoms with E-state index in [1.54, 1.807) is 0 Å². The number of alkyl halides is 3. The van der Waals surface area contributed by atoms with Gasteiger partial charge in [0.15, 0.2) is 0 Å². The van der Waals surface area contributed by atoms with E-state index in [4.69, 9.17) is 9.90 Å². The molecule has 166 valence electrons. The van der Waals surface area contributed by atoms with E-state index in [1.165, 1.54) is 0 Å². The van der Waals surface area contributed by atoms with Crippen LogP contribution in [0.5, 0.6) is 0 Å². The summed E-state index contributed by atoms with van der Waals surface area (Å²) in [7, 11) is 0. The van der Waals surface area contributed by atoms with Crippen molar-refractivity contribution in [3.05, 3.63) is 48.3 Å². The summed E-state index contributed by atoms with van der Waals surface area (Å²) in [5.74, 6) is -1.74. The smallest absolute Gasteiger partial charge is 0.475 e. The fourth-order valence-electron chi connectivity index (χ4n) is 3.91. The predicted octanol–water partition coefficient (Wildman–Crippen LogP) is 3.45. The number of benzene rings is 1. The van der Waals surface area contributed by atoms with E-state index >= 15 is 0 Å². The Kier molecular flexibility index (Phi) is 6.77. The molecule has 1 N–H and O–H groups in total. The largest absolute Gasteiger partial charge is 0.490 e. The van der Waals surface area contributed by atoms with Crippen molar-refractivity contribution in [2.75, 3.05) is 16.3 Å². The minimum Gasteiger partial charge on any atom is -0.475 e. The van der Waals surface area contributed by atoms with Crippen LogP contribution in [-0.4, -0.2) is 51.8 Å². The lowest BCUT2D eigenvalue weighted by Crippen LogP contribution is -2.52. The number of para-hydroxylation sites is 1. The van der Waals surface area contributed by atoms with Crippen LogP contribution in [0.15, 0.2) is 42.7 Å². The number of aliphatic carboxylic acids is 1. The summed E-state index contributed by atoms with van der Waals surface area (Å²) in [6.45, 7) is 3.01. The number of piperidine rings is 1. The standard InChI is InChI=1S/C19H22N4O.C2HF3O2/c1-2-14-12-20-19(21-13-14)22-11-10-17-16(22)8-9-18(24)23(17)15-6-4-3-5-7-15;3-2(4,5)1(6)7/h3-7,12-13,16-17H,2,8-11H2,1H3;(H,6,7)/t16-,17-;/m0./s1. The van der Waals surface area contributed by atoms with E-state index in [1.807, 2.05) is 47.6 Å². The van der Waals surface area contributed by atoms with Gasteiger partial charge >= 0.3 is 12.1 Å². The summed E-state index contributed by atoms with van der Waals surface area (Å²) < 4.78 is 31.7. The number of carbonyl (C=O) groups excluding carboxylic acids is 1. The van der Waals surface area contributed by atoms with Crippen LogP contribution in [0.3, 0.4) is 0 Å². The van der Waals surface area contributed by atoms with Gasteiger partial charge in [0.25, 0.3) is 0 Å². The first-order chi connectivity index (χ1) is 14.7. The maximum atomic E-state index is 12.5. The second-order valence-corrected chi connectivity index (χ2v) is 7.30. The number of hydrogen-bond donors (Lipinski definition) is 1. The molecule has 0 saturated carbocycles. The quantitative estimate of drug-likeness (QED) is 0.793. The molecule has 0 unspecified atom stereocenters. The minimum absolute atomic E-state index is 0.211. The number of hydrogen-bond acceptors (Lipinski definition) is 5. The minimum atomic E-state index is -5.08. The summed E-state index contributed by atoms with van der Waals surface area (Å²) in [6, 6.07) is 10.5. The third-order valence-electron chi connectivity index (χ3n) is 5.40. The topological polar surface area (TPSA) is 86.6 Å². The summed E-state index contributed by atoms with van der Waals surface area (Å²) in [6.07, 6.45) is 2.12. The van der Waals surface area contributed by atoms with Crippen molar-refractivity contribution < 1.29 is 27.9 Å². The summed E-state index contributed by atoms with van der Waals surface area (Å²) in [5, 5.41) is 7.12. The maximum Gasteiger partial charge on any atom is 0.490 e. The highest BCUT2D eigenvalue weighted by Gasteiger charge is 2.44. The molecule has 2 aliphatic rings. The van der Waals surface area contributed by atoms with Crippen molar-refractivity contribution in [2.45, 2.75) is 50.9 Å². The normalized spacial score (nSPS) is 20.7. The second-order valence-electron chi connectivity index (χ2n) is 7.30. The van der Waals surface area contributed by atoms with Crippen LogP contribution in [0.4, 0.5) is 24.8 Å². The zero-order valence-corrected chi connectivity index (χ0v) is 16.9. The molecule has 2 fully saturated rings. The van der Waals surface area contributed by atoms with Gasteiger partial charge in [-0.3, -0.25) is 4.79 Å². The molecule has 1 aromatic carbocycles. The Morgan fingerprint density at radius 3 is 2.29 bits per heavy atom. The maximum absolute atomic E-state index is 12.5. The van der Waals surface area contributed by atoms with Crippen molar-refractivity contribution in [1.29, 1.82) is 0 Å². The van der Waals surface area contributed by atoms with Crippen molar-refractivity contribution in [1.82, 2.24) is 9.97 Å². The molecule has 7 nitrogen and oxygen atoms in total. The fourth-order valence-corrected chi connectivity index (χ4v) is 3.91. The highest BCUT2D eigenvalue weighted by molar-refractivity contribution is 5.95. The van der Waals surface area contributed by atoms with E-state index in [2.05, 4.69) is 21.8 Å². The van der Waals surface area contributed by atoms with E-state index in [0.717, 1.165) is 43.0 Å². The lowest BCUT2D eigenvalue weighted by Gasteiger charge is -2.39. The van der Waals surface area contributed by atoms with Gasteiger partial charge in [-0.25, -0.2) is 14.8 Å². The third-order valence-corrected chi connectivity index (χ3v) is 5.40. The van der Waals surface area contributed by atoms with Gasteiger partial charge in [-0.2, -0.15) is 13.2 Å². The van der Waals surface area contributed by atoms with Gasteiger partial charge in [0.1, 0.15) is 0 Å². The zero-order valence-electron chi connectivity index (χ0n) is 16.9.